The Morgan fingerprint density at radius 1 is 1.18 bits per heavy atom. The van der Waals surface area contributed by atoms with Crippen molar-refractivity contribution in [3.63, 3.8) is 0 Å². The first-order valence-corrected chi connectivity index (χ1v) is 5.78. The van der Waals surface area contributed by atoms with Gasteiger partial charge in [0.1, 0.15) is 24.4 Å². The van der Waals surface area contributed by atoms with Gasteiger partial charge in [0.15, 0.2) is 6.29 Å². The molecule has 1 unspecified atom stereocenters. The largest absolute Gasteiger partial charge is 1.00 e. The summed E-state index contributed by atoms with van der Waals surface area (Å²) < 4.78 is 18.8. The molecule has 17 heavy (non-hydrogen) atoms. The molecule has 0 amide bonds. The molecule has 0 aromatic heterocycles. The quantitative estimate of drug-likeness (QED) is 0.250. The van der Waals surface area contributed by atoms with Crippen molar-refractivity contribution in [2.75, 3.05) is 6.61 Å². The monoisotopic (exact) mass is 282 g/mol. The zero-order valence-corrected chi connectivity index (χ0v) is 11.8. The molecule has 11 heteroatoms. The maximum atomic E-state index is 10.3. The van der Waals surface area contributed by atoms with E-state index in [2.05, 4.69) is 9.26 Å². The van der Waals surface area contributed by atoms with Crippen molar-refractivity contribution >= 4 is 7.82 Å². The topological polar surface area (TPSA) is 160 Å². The SMILES string of the molecule is O=P([O-])(O)OC[C@H]1O[C@H](O)[C@H](O)[C@H](O)[C@H]1O.[Na+]. The summed E-state index contributed by atoms with van der Waals surface area (Å²) in [7, 11) is -4.98. The van der Waals surface area contributed by atoms with Crippen molar-refractivity contribution in [2.24, 2.45) is 0 Å². The van der Waals surface area contributed by atoms with Gasteiger partial charge in [-0.15, -0.1) is 0 Å². The summed E-state index contributed by atoms with van der Waals surface area (Å²) >= 11 is 0. The minimum atomic E-state index is -4.98. The summed E-state index contributed by atoms with van der Waals surface area (Å²) in [4.78, 5) is 18.5. The molecule has 1 rings (SSSR count). The van der Waals surface area contributed by atoms with Crippen LogP contribution in [-0.2, 0) is 13.8 Å². The molecule has 0 spiro atoms. The van der Waals surface area contributed by atoms with Crippen LogP contribution in [0.3, 0.4) is 0 Å². The number of phosphoric acid groups is 1. The zero-order chi connectivity index (χ0) is 12.5. The van der Waals surface area contributed by atoms with Gasteiger partial charge in [-0.1, -0.05) is 0 Å². The number of aliphatic hydroxyl groups is 4. The van der Waals surface area contributed by atoms with Crippen LogP contribution in [0, 0.1) is 0 Å². The number of aliphatic hydroxyl groups excluding tert-OH is 4. The fourth-order valence-electron chi connectivity index (χ4n) is 1.24. The summed E-state index contributed by atoms with van der Waals surface area (Å²) in [5.74, 6) is 0. The molecule has 0 saturated carbocycles. The van der Waals surface area contributed by atoms with Gasteiger partial charge in [-0.05, 0) is 0 Å². The number of rotatable bonds is 3. The van der Waals surface area contributed by atoms with Crippen molar-refractivity contribution in [3.8, 4) is 0 Å². The number of hydrogen-bond donors (Lipinski definition) is 5. The number of ether oxygens (including phenoxy) is 1. The Balaban J connectivity index is 0.00000256. The Kier molecular flexibility index (Phi) is 7.27. The van der Waals surface area contributed by atoms with E-state index in [0.717, 1.165) is 0 Å². The van der Waals surface area contributed by atoms with Crippen molar-refractivity contribution < 1.29 is 73.6 Å². The smallest absolute Gasteiger partial charge is 0.756 e. The summed E-state index contributed by atoms with van der Waals surface area (Å²) in [6.07, 6.45) is -8.23. The van der Waals surface area contributed by atoms with E-state index in [4.69, 9.17) is 15.1 Å². The summed E-state index contributed by atoms with van der Waals surface area (Å²) in [6, 6.07) is 0. The first-order chi connectivity index (χ1) is 7.22. The van der Waals surface area contributed by atoms with Gasteiger partial charge in [0, 0.05) is 0 Å². The molecule has 96 valence electrons. The molecule has 1 aliphatic heterocycles. The molecule has 5 N–H and O–H groups in total. The Labute approximate surface area is 119 Å². The fourth-order valence-corrected chi connectivity index (χ4v) is 1.57. The van der Waals surface area contributed by atoms with Crippen LogP contribution in [0.4, 0.5) is 0 Å². The van der Waals surface area contributed by atoms with Crippen LogP contribution in [0.15, 0.2) is 0 Å². The normalized spacial score (nSPS) is 41.4. The molecule has 0 aliphatic carbocycles. The molecule has 0 radical (unpaired) electrons. The Morgan fingerprint density at radius 3 is 2.18 bits per heavy atom. The molecular formula is C6H12NaO9P. The van der Waals surface area contributed by atoms with Crippen LogP contribution in [0.5, 0.6) is 0 Å². The summed E-state index contributed by atoms with van der Waals surface area (Å²) in [6.45, 7) is -0.792. The minimum absolute atomic E-state index is 0. The Bertz CT molecular complexity index is 283. The summed E-state index contributed by atoms with van der Waals surface area (Å²) in [5, 5.41) is 36.7. The molecule has 6 atom stereocenters. The number of phosphoric ester groups is 1. The predicted octanol–water partition coefficient (Wildman–Crippen LogP) is -6.73. The third kappa shape index (κ3) is 5.19. The maximum absolute atomic E-state index is 10.3. The first kappa shape index (κ1) is 17.9. The van der Waals surface area contributed by atoms with E-state index >= 15 is 0 Å². The third-order valence-corrected chi connectivity index (χ3v) is 2.56. The molecule has 0 aromatic carbocycles. The molecule has 1 fully saturated rings. The van der Waals surface area contributed by atoms with E-state index in [9.17, 15) is 19.7 Å². The van der Waals surface area contributed by atoms with E-state index in [0.29, 0.717) is 0 Å². The predicted molar refractivity (Wildman–Crippen MR) is 44.7 cm³/mol. The van der Waals surface area contributed by atoms with Crippen molar-refractivity contribution in [1.82, 2.24) is 0 Å². The second-order valence-electron chi connectivity index (χ2n) is 3.30. The van der Waals surface area contributed by atoms with Crippen LogP contribution in [0.25, 0.3) is 0 Å². The number of hydrogen-bond acceptors (Lipinski definition) is 8. The molecule has 9 nitrogen and oxygen atoms in total. The van der Waals surface area contributed by atoms with Crippen LogP contribution in [0.1, 0.15) is 0 Å². The van der Waals surface area contributed by atoms with Gasteiger partial charge >= 0.3 is 29.6 Å². The fraction of sp³-hybridized carbons (Fsp3) is 1.00. The third-order valence-electron chi connectivity index (χ3n) is 2.09. The van der Waals surface area contributed by atoms with E-state index in [-0.39, 0.29) is 29.6 Å². The van der Waals surface area contributed by atoms with Crippen molar-refractivity contribution in [3.05, 3.63) is 0 Å². The van der Waals surface area contributed by atoms with E-state index in [1.807, 2.05) is 0 Å². The molecule has 1 saturated heterocycles. The molecule has 1 heterocycles. The second kappa shape index (κ2) is 6.90. The van der Waals surface area contributed by atoms with E-state index in [1.165, 1.54) is 0 Å². The van der Waals surface area contributed by atoms with Gasteiger partial charge < -0.3 is 39.5 Å². The Morgan fingerprint density at radius 2 is 1.71 bits per heavy atom. The van der Waals surface area contributed by atoms with Gasteiger partial charge in [-0.3, -0.25) is 4.57 Å². The molecular weight excluding hydrogens is 270 g/mol. The Hall–Kier alpha value is 0.910. The van der Waals surface area contributed by atoms with Crippen molar-refractivity contribution in [2.45, 2.75) is 30.7 Å². The van der Waals surface area contributed by atoms with Crippen LogP contribution in [0.2, 0.25) is 0 Å². The van der Waals surface area contributed by atoms with Crippen LogP contribution < -0.4 is 34.5 Å². The molecule has 1 aliphatic rings. The maximum Gasteiger partial charge on any atom is 1.00 e. The summed E-state index contributed by atoms with van der Waals surface area (Å²) in [5.41, 5.74) is 0. The zero-order valence-electron chi connectivity index (χ0n) is 8.91. The van der Waals surface area contributed by atoms with Crippen molar-refractivity contribution in [1.29, 1.82) is 0 Å². The van der Waals surface area contributed by atoms with Crippen LogP contribution >= 0.6 is 7.82 Å². The van der Waals surface area contributed by atoms with Gasteiger partial charge in [-0.2, -0.15) is 0 Å². The van der Waals surface area contributed by atoms with E-state index < -0.39 is 45.1 Å². The average molecular weight is 282 g/mol. The minimum Gasteiger partial charge on any atom is -0.756 e. The van der Waals surface area contributed by atoms with Crippen LogP contribution in [-0.4, -0.2) is 62.6 Å². The standard InChI is InChI=1S/C6H13O9P.Na/c7-3-2(1-14-16(11,12)13)15-6(10)5(9)4(3)8;/h2-10H,1H2,(H2,11,12,13);/q;+1/p-1/t2-,3+,4-,5-,6+;/m1./s1. The van der Waals surface area contributed by atoms with Gasteiger partial charge in [-0.25, -0.2) is 0 Å². The molecule has 0 bridgehead atoms. The average Bonchev–Trinajstić information content (AvgIpc) is 2.17. The first-order valence-electron chi connectivity index (χ1n) is 4.28. The van der Waals surface area contributed by atoms with Gasteiger partial charge in [0.05, 0.1) is 6.61 Å². The van der Waals surface area contributed by atoms with Gasteiger partial charge in [0.25, 0.3) is 7.82 Å². The van der Waals surface area contributed by atoms with Gasteiger partial charge in [0.2, 0.25) is 0 Å². The van der Waals surface area contributed by atoms with E-state index in [1.54, 1.807) is 0 Å². The molecule has 0 aromatic rings. The second-order valence-corrected chi connectivity index (χ2v) is 4.50.